The quantitative estimate of drug-likeness (QED) is 0.458. The number of nitrogens with one attached hydrogen (secondary N) is 1. The molecule has 0 amide bonds. The smallest absolute Gasteiger partial charge is 0.338 e. The average Bonchev–Trinajstić information content (AvgIpc) is 3.12. The van der Waals surface area contributed by atoms with Gasteiger partial charge in [0.25, 0.3) is 0 Å². The predicted octanol–water partition coefficient (Wildman–Crippen LogP) is 5.23. The van der Waals surface area contributed by atoms with Crippen LogP contribution in [0.3, 0.4) is 0 Å². The molecule has 2 heterocycles. The molecule has 0 aliphatic heterocycles. The molecular formula is C21H16BrN3O2. The lowest BCUT2D eigenvalue weighted by Crippen LogP contribution is -2.04. The first-order chi connectivity index (χ1) is 13.2. The van der Waals surface area contributed by atoms with E-state index in [0.29, 0.717) is 12.2 Å². The number of pyridine rings is 1. The summed E-state index contributed by atoms with van der Waals surface area (Å²) in [4.78, 5) is 16.4. The molecule has 5 nitrogen and oxygen atoms in total. The molecule has 0 bridgehead atoms. The third-order valence-corrected chi connectivity index (χ3v) is 4.76. The van der Waals surface area contributed by atoms with Crippen LogP contribution in [0.2, 0.25) is 0 Å². The molecule has 0 spiro atoms. The lowest BCUT2D eigenvalue weighted by Gasteiger charge is -2.04. The van der Waals surface area contributed by atoms with Gasteiger partial charge in [0.2, 0.25) is 0 Å². The molecule has 0 unspecified atom stereocenters. The van der Waals surface area contributed by atoms with E-state index < -0.39 is 0 Å². The Morgan fingerprint density at radius 1 is 1.00 bits per heavy atom. The lowest BCUT2D eigenvalue weighted by molar-refractivity contribution is 0.0526. The maximum Gasteiger partial charge on any atom is 0.338 e. The zero-order chi connectivity index (χ0) is 18.8. The van der Waals surface area contributed by atoms with Crippen molar-refractivity contribution in [3.8, 4) is 22.5 Å². The zero-order valence-corrected chi connectivity index (χ0v) is 16.2. The number of nitrogens with zero attached hydrogens (tertiary/aromatic N) is 2. The fourth-order valence-electron chi connectivity index (χ4n) is 2.88. The number of hydrogen-bond donors (Lipinski definition) is 1. The summed E-state index contributed by atoms with van der Waals surface area (Å²) in [5.41, 5.74) is 4.88. The molecule has 134 valence electrons. The van der Waals surface area contributed by atoms with E-state index in [4.69, 9.17) is 4.74 Å². The molecule has 0 aliphatic carbocycles. The Morgan fingerprint density at radius 2 is 1.70 bits per heavy atom. The van der Waals surface area contributed by atoms with Gasteiger partial charge in [0.1, 0.15) is 5.69 Å². The summed E-state index contributed by atoms with van der Waals surface area (Å²) in [6.45, 7) is 2.15. The molecule has 27 heavy (non-hydrogen) atoms. The fourth-order valence-corrected chi connectivity index (χ4v) is 3.15. The Kier molecular flexibility index (Phi) is 4.73. The predicted molar refractivity (Wildman–Crippen MR) is 108 cm³/mol. The van der Waals surface area contributed by atoms with Gasteiger partial charge >= 0.3 is 5.97 Å². The number of aromatic amines is 1. The van der Waals surface area contributed by atoms with Gasteiger partial charge in [0, 0.05) is 21.0 Å². The monoisotopic (exact) mass is 421 g/mol. The maximum atomic E-state index is 11.8. The molecule has 0 atom stereocenters. The summed E-state index contributed by atoms with van der Waals surface area (Å²) >= 11 is 3.45. The van der Waals surface area contributed by atoms with Crippen molar-refractivity contribution in [2.45, 2.75) is 6.92 Å². The van der Waals surface area contributed by atoms with Gasteiger partial charge in [-0.2, -0.15) is 5.10 Å². The molecule has 0 aliphatic rings. The minimum Gasteiger partial charge on any atom is -0.462 e. The van der Waals surface area contributed by atoms with Gasteiger partial charge in [0.05, 0.1) is 17.9 Å². The van der Waals surface area contributed by atoms with Gasteiger partial charge in [-0.25, -0.2) is 9.78 Å². The highest BCUT2D eigenvalue weighted by Crippen LogP contribution is 2.28. The number of esters is 1. The van der Waals surface area contributed by atoms with E-state index in [9.17, 15) is 4.79 Å². The molecule has 4 aromatic rings. The molecule has 0 saturated heterocycles. The Labute approximate surface area is 164 Å². The first kappa shape index (κ1) is 17.4. The van der Waals surface area contributed by atoms with E-state index in [1.807, 2.05) is 48.5 Å². The highest BCUT2D eigenvalue weighted by atomic mass is 79.9. The molecule has 0 saturated carbocycles. The summed E-state index contributed by atoms with van der Waals surface area (Å²) in [5.74, 6) is -0.319. The van der Waals surface area contributed by atoms with Crippen molar-refractivity contribution in [3.05, 3.63) is 70.7 Å². The third-order valence-electron chi connectivity index (χ3n) is 4.23. The minimum absolute atomic E-state index is 0.319. The molecule has 6 heteroatoms. The first-order valence-corrected chi connectivity index (χ1v) is 9.33. The number of hydrogen-bond acceptors (Lipinski definition) is 4. The van der Waals surface area contributed by atoms with E-state index in [2.05, 4.69) is 31.1 Å². The molecule has 0 radical (unpaired) electrons. The van der Waals surface area contributed by atoms with E-state index in [1.54, 1.807) is 19.1 Å². The van der Waals surface area contributed by atoms with Crippen molar-refractivity contribution in [2.24, 2.45) is 0 Å². The second-order valence-corrected chi connectivity index (χ2v) is 6.89. The largest absolute Gasteiger partial charge is 0.462 e. The summed E-state index contributed by atoms with van der Waals surface area (Å²) in [6.07, 6.45) is 0. The van der Waals surface area contributed by atoms with Gasteiger partial charge in [-0.05, 0) is 43.3 Å². The van der Waals surface area contributed by atoms with Crippen molar-refractivity contribution in [3.63, 3.8) is 0 Å². The van der Waals surface area contributed by atoms with Crippen LogP contribution in [0.5, 0.6) is 0 Å². The normalized spacial score (nSPS) is 10.9. The molecule has 2 aromatic heterocycles. The number of halogens is 1. The minimum atomic E-state index is -0.319. The van der Waals surface area contributed by atoms with Crippen molar-refractivity contribution in [1.82, 2.24) is 15.2 Å². The number of aromatic nitrogens is 3. The van der Waals surface area contributed by atoms with E-state index >= 15 is 0 Å². The number of H-pyrrole nitrogens is 1. The topological polar surface area (TPSA) is 67.9 Å². The molecule has 2 aromatic carbocycles. The number of carbonyl (C=O) groups is 1. The van der Waals surface area contributed by atoms with E-state index in [1.165, 1.54) is 0 Å². The van der Waals surface area contributed by atoms with Gasteiger partial charge in [0.15, 0.2) is 5.65 Å². The first-order valence-electron chi connectivity index (χ1n) is 8.54. The molecular weight excluding hydrogens is 406 g/mol. The number of carbonyl (C=O) groups excluding carboxylic acids is 1. The highest BCUT2D eigenvalue weighted by molar-refractivity contribution is 9.10. The van der Waals surface area contributed by atoms with Gasteiger partial charge < -0.3 is 4.74 Å². The van der Waals surface area contributed by atoms with Crippen molar-refractivity contribution in [2.75, 3.05) is 6.61 Å². The van der Waals surface area contributed by atoms with Gasteiger partial charge in [-0.15, -0.1) is 0 Å². The SMILES string of the molecule is CCOC(=O)c1ccc(-c2ccc3c(-c4ccc(Br)cc4)n[nH]c3n2)cc1. The van der Waals surface area contributed by atoms with Gasteiger partial charge in [-0.1, -0.05) is 40.2 Å². The van der Waals surface area contributed by atoms with Crippen LogP contribution in [0.15, 0.2) is 65.1 Å². The number of fused-ring (bicyclic) bond motifs is 1. The number of rotatable bonds is 4. The second kappa shape index (κ2) is 7.32. The zero-order valence-electron chi connectivity index (χ0n) is 14.6. The lowest BCUT2D eigenvalue weighted by atomic mass is 10.1. The average molecular weight is 422 g/mol. The van der Waals surface area contributed by atoms with Crippen LogP contribution < -0.4 is 0 Å². The Morgan fingerprint density at radius 3 is 2.41 bits per heavy atom. The highest BCUT2D eigenvalue weighted by Gasteiger charge is 2.11. The second-order valence-electron chi connectivity index (χ2n) is 5.97. The summed E-state index contributed by atoms with van der Waals surface area (Å²) in [6, 6.07) is 19.2. The number of benzene rings is 2. The van der Waals surface area contributed by atoms with Crippen LogP contribution in [0.25, 0.3) is 33.5 Å². The third kappa shape index (κ3) is 3.48. The van der Waals surface area contributed by atoms with Crippen LogP contribution in [-0.4, -0.2) is 27.8 Å². The standard InChI is InChI=1S/C21H16BrN3O2/c1-2-27-21(26)15-5-3-13(4-6-15)18-12-11-17-19(24-25-20(17)23-18)14-7-9-16(22)10-8-14/h3-12H,2H2,1H3,(H,23,24,25). The molecule has 1 N–H and O–H groups in total. The van der Waals surface area contributed by atoms with Crippen molar-refractivity contribution >= 4 is 32.9 Å². The Hall–Kier alpha value is -2.99. The molecule has 0 fully saturated rings. The fraction of sp³-hybridized carbons (Fsp3) is 0.0952. The number of ether oxygens (including phenoxy) is 1. The van der Waals surface area contributed by atoms with E-state index in [-0.39, 0.29) is 5.97 Å². The summed E-state index contributed by atoms with van der Waals surface area (Å²) < 4.78 is 6.04. The Bertz CT molecular complexity index is 1100. The van der Waals surface area contributed by atoms with Crippen LogP contribution in [0.1, 0.15) is 17.3 Å². The van der Waals surface area contributed by atoms with Gasteiger partial charge in [-0.3, -0.25) is 5.10 Å². The van der Waals surface area contributed by atoms with Crippen molar-refractivity contribution in [1.29, 1.82) is 0 Å². The van der Waals surface area contributed by atoms with Crippen LogP contribution in [0, 0.1) is 0 Å². The summed E-state index contributed by atoms with van der Waals surface area (Å²) in [5, 5.41) is 8.40. The Balaban J connectivity index is 1.66. The van der Waals surface area contributed by atoms with Crippen LogP contribution >= 0.6 is 15.9 Å². The summed E-state index contributed by atoms with van der Waals surface area (Å²) in [7, 11) is 0. The van der Waals surface area contributed by atoms with Crippen LogP contribution in [0.4, 0.5) is 0 Å². The van der Waals surface area contributed by atoms with Crippen LogP contribution in [-0.2, 0) is 4.74 Å². The van der Waals surface area contributed by atoms with Crippen molar-refractivity contribution < 1.29 is 9.53 Å². The van der Waals surface area contributed by atoms with E-state index in [0.717, 1.165) is 38.0 Å². The maximum absolute atomic E-state index is 11.8. The molecule has 4 rings (SSSR count).